The molecule has 0 aliphatic carbocycles. The summed E-state index contributed by atoms with van der Waals surface area (Å²) in [6, 6.07) is 17.4. The molecule has 2 amide bonds. The van der Waals surface area contributed by atoms with E-state index in [1.165, 1.54) is 5.56 Å². The molecule has 0 aliphatic rings. The molecule has 3 N–H and O–H groups in total. The number of hydrogen-bond acceptors (Lipinski definition) is 2. The number of hydrogen-bond donors (Lipinski definition) is 3. The van der Waals surface area contributed by atoms with E-state index in [9.17, 15) is 9.59 Å². The number of para-hydroxylation sites is 1. The van der Waals surface area contributed by atoms with Crippen LogP contribution < -0.4 is 10.6 Å². The summed E-state index contributed by atoms with van der Waals surface area (Å²) < 4.78 is 0. The molecule has 2 aromatic carbocycles. The first kappa shape index (κ1) is 19.7. The number of fused-ring (bicyclic) bond motifs is 1. The SMILES string of the molecule is CCCC(=O)NC(Cc1c[nH]c2ccccc12)C(=O)NCCc1ccccc1. The Kier molecular flexibility index (Phi) is 6.84. The zero-order chi connectivity index (χ0) is 19.8. The molecule has 3 aromatic rings. The minimum absolute atomic E-state index is 0.0921. The van der Waals surface area contributed by atoms with Crippen molar-refractivity contribution in [2.45, 2.75) is 38.6 Å². The lowest BCUT2D eigenvalue weighted by Crippen LogP contribution is -2.48. The number of rotatable bonds is 9. The number of H-pyrrole nitrogens is 1. The average Bonchev–Trinajstić information content (AvgIpc) is 3.11. The fraction of sp³-hybridized carbons (Fsp3) is 0.304. The van der Waals surface area contributed by atoms with Gasteiger partial charge in [0.05, 0.1) is 0 Å². The minimum atomic E-state index is -0.589. The predicted molar refractivity (Wildman–Crippen MR) is 112 cm³/mol. The maximum absolute atomic E-state index is 12.8. The summed E-state index contributed by atoms with van der Waals surface area (Å²) >= 11 is 0. The summed E-state index contributed by atoms with van der Waals surface area (Å²) in [5.41, 5.74) is 3.22. The van der Waals surface area contributed by atoms with Crippen molar-refractivity contribution in [1.82, 2.24) is 15.6 Å². The van der Waals surface area contributed by atoms with Crippen molar-refractivity contribution in [3.63, 3.8) is 0 Å². The highest BCUT2D eigenvalue weighted by molar-refractivity contribution is 5.89. The lowest BCUT2D eigenvalue weighted by molar-refractivity contribution is -0.129. The van der Waals surface area contributed by atoms with E-state index in [-0.39, 0.29) is 11.8 Å². The number of aromatic nitrogens is 1. The molecule has 1 atom stereocenters. The van der Waals surface area contributed by atoms with Gasteiger partial charge in [-0.3, -0.25) is 9.59 Å². The maximum atomic E-state index is 12.8. The topological polar surface area (TPSA) is 74.0 Å². The van der Waals surface area contributed by atoms with Crippen LogP contribution in [0.1, 0.15) is 30.9 Å². The van der Waals surface area contributed by atoms with E-state index in [1.54, 1.807) is 0 Å². The van der Waals surface area contributed by atoms with Crippen LogP contribution in [-0.4, -0.2) is 29.4 Å². The van der Waals surface area contributed by atoms with Crippen LogP contribution in [0.5, 0.6) is 0 Å². The maximum Gasteiger partial charge on any atom is 0.242 e. The first-order valence-electron chi connectivity index (χ1n) is 9.83. The van der Waals surface area contributed by atoms with Gasteiger partial charge in [-0.1, -0.05) is 55.5 Å². The van der Waals surface area contributed by atoms with Gasteiger partial charge in [-0.15, -0.1) is 0 Å². The number of amides is 2. The molecule has 3 rings (SSSR count). The van der Waals surface area contributed by atoms with Gasteiger partial charge in [-0.05, 0) is 30.0 Å². The van der Waals surface area contributed by atoms with Crippen molar-refractivity contribution in [1.29, 1.82) is 0 Å². The Morgan fingerprint density at radius 3 is 2.57 bits per heavy atom. The van der Waals surface area contributed by atoms with Crippen LogP contribution in [0.3, 0.4) is 0 Å². The summed E-state index contributed by atoms with van der Waals surface area (Å²) in [6.45, 7) is 2.49. The molecule has 1 aromatic heterocycles. The number of aromatic amines is 1. The fourth-order valence-corrected chi connectivity index (χ4v) is 3.32. The molecule has 0 saturated heterocycles. The van der Waals surface area contributed by atoms with E-state index < -0.39 is 6.04 Å². The average molecular weight is 377 g/mol. The van der Waals surface area contributed by atoms with Crippen LogP contribution in [-0.2, 0) is 22.4 Å². The first-order valence-corrected chi connectivity index (χ1v) is 9.83. The Bertz CT molecular complexity index is 918. The molecule has 0 radical (unpaired) electrons. The molecular formula is C23H27N3O2. The minimum Gasteiger partial charge on any atom is -0.361 e. The first-order chi connectivity index (χ1) is 13.7. The Morgan fingerprint density at radius 1 is 1.04 bits per heavy atom. The second-order valence-electron chi connectivity index (χ2n) is 6.96. The summed E-state index contributed by atoms with van der Waals surface area (Å²) in [5.74, 6) is -0.240. The molecule has 1 unspecified atom stereocenters. The second kappa shape index (κ2) is 9.74. The standard InChI is InChI=1S/C23H27N3O2/c1-2-8-22(27)26-21(15-18-16-25-20-12-7-6-11-19(18)20)23(28)24-14-13-17-9-4-3-5-10-17/h3-7,9-12,16,21,25H,2,8,13-15H2,1H3,(H,24,28)(H,26,27). The highest BCUT2D eigenvalue weighted by Crippen LogP contribution is 2.19. The molecule has 0 spiro atoms. The van der Waals surface area contributed by atoms with Gasteiger partial charge in [0.15, 0.2) is 0 Å². The van der Waals surface area contributed by atoms with Crippen molar-refractivity contribution >= 4 is 22.7 Å². The highest BCUT2D eigenvalue weighted by atomic mass is 16.2. The van der Waals surface area contributed by atoms with Gasteiger partial charge >= 0.3 is 0 Å². The van der Waals surface area contributed by atoms with Crippen molar-refractivity contribution in [3.05, 3.63) is 71.9 Å². The molecule has 0 fully saturated rings. The molecule has 146 valence electrons. The normalized spacial score (nSPS) is 11.9. The van der Waals surface area contributed by atoms with Crippen LogP contribution in [0, 0.1) is 0 Å². The number of carbonyl (C=O) groups is 2. The third-order valence-electron chi connectivity index (χ3n) is 4.78. The van der Waals surface area contributed by atoms with Gasteiger partial charge in [0.1, 0.15) is 6.04 Å². The monoisotopic (exact) mass is 377 g/mol. The summed E-state index contributed by atoms with van der Waals surface area (Å²) in [5, 5.41) is 6.96. The number of carbonyl (C=O) groups excluding carboxylic acids is 2. The molecular weight excluding hydrogens is 350 g/mol. The smallest absolute Gasteiger partial charge is 0.242 e. The zero-order valence-corrected chi connectivity index (χ0v) is 16.2. The molecule has 28 heavy (non-hydrogen) atoms. The van der Waals surface area contributed by atoms with Crippen molar-refractivity contribution in [2.24, 2.45) is 0 Å². The summed E-state index contributed by atoms with van der Waals surface area (Å²) in [4.78, 5) is 28.2. The molecule has 5 nitrogen and oxygen atoms in total. The van der Waals surface area contributed by atoms with Gasteiger partial charge in [0.2, 0.25) is 11.8 Å². The predicted octanol–water partition coefficient (Wildman–Crippen LogP) is 3.35. The van der Waals surface area contributed by atoms with Gasteiger partial charge in [-0.2, -0.15) is 0 Å². The fourth-order valence-electron chi connectivity index (χ4n) is 3.32. The van der Waals surface area contributed by atoms with Crippen LogP contribution in [0.25, 0.3) is 10.9 Å². The molecule has 0 saturated carbocycles. The van der Waals surface area contributed by atoms with E-state index >= 15 is 0 Å². The van der Waals surface area contributed by atoms with Crippen molar-refractivity contribution in [3.8, 4) is 0 Å². The Balaban J connectivity index is 1.67. The highest BCUT2D eigenvalue weighted by Gasteiger charge is 2.22. The van der Waals surface area contributed by atoms with Gasteiger partial charge in [0, 0.05) is 36.5 Å². The lowest BCUT2D eigenvalue weighted by atomic mass is 10.0. The van der Waals surface area contributed by atoms with Crippen molar-refractivity contribution < 1.29 is 9.59 Å². The molecule has 0 aliphatic heterocycles. The molecule has 0 bridgehead atoms. The number of nitrogens with one attached hydrogen (secondary N) is 3. The van der Waals surface area contributed by atoms with Crippen LogP contribution in [0.15, 0.2) is 60.8 Å². The van der Waals surface area contributed by atoms with Crippen LogP contribution >= 0.6 is 0 Å². The van der Waals surface area contributed by atoms with Gasteiger partial charge in [-0.25, -0.2) is 0 Å². The Morgan fingerprint density at radius 2 is 1.79 bits per heavy atom. The van der Waals surface area contributed by atoms with Crippen LogP contribution in [0.2, 0.25) is 0 Å². The second-order valence-corrected chi connectivity index (χ2v) is 6.96. The molecule has 1 heterocycles. The van der Waals surface area contributed by atoms with E-state index in [1.807, 2.05) is 67.7 Å². The zero-order valence-electron chi connectivity index (χ0n) is 16.2. The quantitative estimate of drug-likeness (QED) is 0.535. The number of benzene rings is 2. The van der Waals surface area contributed by atoms with E-state index in [2.05, 4.69) is 15.6 Å². The Hall–Kier alpha value is -3.08. The lowest BCUT2D eigenvalue weighted by Gasteiger charge is -2.18. The Labute approximate surface area is 165 Å². The summed E-state index contributed by atoms with van der Waals surface area (Å²) in [7, 11) is 0. The van der Waals surface area contributed by atoms with Gasteiger partial charge < -0.3 is 15.6 Å². The summed E-state index contributed by atoms with van der Waals surface area (Å²) in [6.07, 6.45) is 4.30. The van der Waals surface area contributed by atoms with E-state index in [4.69, 9.17) is 0 Å². The molecule has 5 heteroatoms. The largest absolute Gasteiger partial charge is 0.361 e. The third-order valence-corrected chi connectivity index (χ3v) is 4.78. The third kappa shape index (κ3) is 5.22. The van der Waals surface area contributed by atoms with E-state index in [0.717, 1.165) is 29.3 Å². The van der Waals surface area contributed by atoms with Crippen LogP contribution in [0.4, 0.5) is 0 Å². The van der Waals surface area contributed by atoms with Crippen molar-refractivity contribution in [2.75, 3.05) is 6.54 Å². The van der Waals surface area contributed by atoms with E-state index in [0.29, 0.717) is 19.4 Å². The van der Waals surface area contributed by atoms with Gasteiger partial charge in [0.25, 0.3) is 0 Å².